The number of rotatable bonds is 12. The Balaban J connectivity index is 1.97. The van der Waals surface area contributed by atoms with Crippen LogP contribution in [0, 0.1) is 11.8 Å². The van der Waals surface area contributed by atoms with Gasteiger partial charge in [0.05, 0.1) is 16.6 Å². The first-order valence-corrected chi connectivity index (χ1v) is 12.3. The number of amides is 2. The van der Waals surface area contributed by atoms with Crippen LogP contribution in [0.4, 0.5) is 0 Å². The van der Waals surface area contributed by atoms with Gasteiger partial charge in [0.15, 0.2) is 0 Å². The van der Waals surface area contributed by atoms with Crippen molar-refractivity contribution in [3.05, 3.63) is 12.7 Å². The Hall–Kier alpha value is -1.54. The van der Waals surface area contributed by atoms with Gasteiger partial charge in [-0.2, -0.15) is 0 Å². The predicted molar refractivity (Wildman–Crippen MR) is 121 cm³/mol. The number of carbonyl (C=O) groups excluding carboxylic acids is 2. The highest BCUT2D eigenvalue weighted by molar-refractivity contribution is 8.02. The van der Waals surface area contributed by atoms with Crippen LogP contribution in [0.3, 0.4) is 0 Å². The lowest BCUT2D eigenvalue weighted by molar-refractivity contribution is -0.150. The molecule has 3 rings (SSSR count). The number of likely N-dealkylation sites (tertiary alicyclic amines) is 1. The lowest BCUT2D eigenvalue weighted by Crippen LogP contribution is -2.55. The maximum Gasteiger partial charge on any atom is 0.308 e. The summed E-state index contributed by atoms with van der Waals surface area (Å²) >= 11 is 1.57. The Kier molecular flexibility index (Phi) is 7.41. The molecule has 8 heteroatoms. The molecule has 5 atom stereocenters. The maximum atomic E-state index is 13.9. The van der Waals surface area contributed by atoms with Crippen LogP contribution in [0.5, 0.6) is 0 Å². The SMILES string of the molecule is C=CCN(CCCCC)C(=O)C1N(CCCCO)C(=O)[C@@H]2[C@@H](C(=O)O)[C@@]3(C)CCC12S3. The van der Waals surface area contributed by atoms with E-state index in [4.69, 9.17) is 0 Å². The molecule has 2 unspecified atom stereocenters. The second-order valence-electron chi connectivity index (χ2n) is 9.31. The summed E-state index contributed by atoms with van der Waals surface area (Å²) in [6.45, 7) is 9.29. The van der Waals surface area contributed by atoms with Crippen molar-refractivity contribution in [2.24, 2.45) is 11.8 Å². The number of carboxylic acids is 1. The molecular formula is C23H36N2O5S. The van der Waals surface area contributed by atoms with Crippen molar-refractivity contribution in [3.8, 4) is 0 Å². The summed E-state index contributed by atoms with van der Waals surface area (Å²) in [6, 6.07) is -0.651. The first kappa shape index (κ1) is 24.1. The molecule has 3 heterocycles. The quantitative estimate of drug-likeness (QED) is 0.349. The molecule has 0 aromatic rings. The zero-order chi connectivity index (χ0) is 22.8. The van der Waals surface area contributed by atoms with Gasteiger partial charge < -0.3 is 20.0 Å². The van der Waals surface area contributed by atoms with Crippen molar-refractivity contribution in [1.82, 2.24) is 9.80 Å². The zero-order valence-corrected chi connectivity index (χ0v) is 19.5. The molecule has 3 aliphatic rings. The predicted octanol–water partition coefficient (Wildman–Crippen LogP) is 2.53. The van der Waals surface area contributed by atoms with Gasteiger partial charge in [-0.1, -0.05) is 25.8 Å². The van der Waals surface area contributed by atoms with Crippen LogP contribution < -0.4 is 0 Å². The number of hydrogen-bond donors (Lipinski definition) is 2. The highest BCUT2D eigenvalue weighted by Gasteiger charge is 2.77. The normalized spacial score (nSPS) is 33.6. The second-order valence-corrected chi connectivity index (χ2v) is 11.2. The molecule has 2 bridgehead atoms. The van der Waals surface area contributed by atoms with Crippen molar-refractivity contribution in [2.75, 3.05) is 26.2 Å². The molecule has 0 radical (unpaired) electrons. The van der Waals surface area contributed by atoms with Crippen molar-refractivity contribution >= 4 is 29.5 Å². The first-order chi connectivity index (χ1) is 14.8. The molecule has 0 aromatic carbocycles. The summed E-state index contributed by atoms with van der Waals surface area (Å²) in [5, 5.41) is 19.2. The number of hydrogen-bond acceptors (Lipinski definition) is 5. The number of unbranched alkanes of at least 4 members (excludes halogenated alkanes) is 3. The minimum atomic E-state index is -0.941. The van der Waals surface area contributed by atoms with E-state index in [2.05, 4.69) is 13.5 Å². The summed E-state index contributed by atoms with van der Waals surface area (Å²) in [6.07, 6.45) is 7.18. The number of carboxylic acid groups (broad SMARTS) is 1. The van der Waals surface area contributed by atoms with Gasteiger partial charge in [-0.25, -0.2) is 0 Å². The van der Waals surface area contributed by atoms with Gasteiger partial charge in [-0.05, 0) is 39.0 Å². The van der Waals surface area contributed by atoms with Crippen molar-refractivity contribution in [3.63, 3.8) is 0 Å². The minimum absolute atomic E-state index is 0.0272. The average Bonchev–Trinajstić information content (AvgIpc) is 3.28. The van der Waals surface area contributed by atoms with E-state index < -0.39 is 33.3 Å². The molecule has 3 fully saturated rings. The van der Waals surface area contributed by atoms with Gasteiger partial charge >= 0.3 is 5.97 Å². The monoisotopic (exact) mass is 452 g/mol. The van der Waals surface area contributed by atoms with Gasteiger partial charge in [0, 0.05) is 31.0 Å². The van der Waals surface area contributed by atoms with Crippen LogP contribution in [-0.4, -0.2) is 79.6 Å². The van der Waals surface area contributed by atoms with Crippen LogP contribution in [0.2, 0.25) is 0 Å². The van der Waals surface area contributed by atoms with Gasteiger partial charge in [0.2, 0.25) is 11.8 Å². The van der Waals surface area contributed by atoms with E-state index in [1.807, 2.05) is 6.92 Å². The third-order valence-electron chi connectivity index (χ3n) is 7.28. The highest BCUT2D eigenvalue weighted by Crippen LogP contribution is 2.71. The number of carbonyl (C=O) groups is 3. The molecule has 2 N–H and O–H groups in total. The summed E-state index contributed by atoms with van der Waals surface area (Å²) < 4.78 is -1.21. The van der Waals surface area contributed by atoms with Gasteiger partial charge in [0.25, 0.3) is 0 Å². The van der Waals surface area contributed by atoms with Crippen molar-refractivity contribution < 1.29 is 24.6 Å². The Bertz CT molecular complexity index is 731. The molecule has 1 spiro atoms. The van der Waals surface area contributed by atoms with Gasteiger partial charge in [0.1, 0.15) is 6.04 Å². The standard InChI is InChI=1S/C23H36N2O5S/c1-4-6-7-13-24(12-5-2)20(28)18-23-11-10-22(3,31-23)17(21(29)30)16(23)19(27)25(18)14-8-9-15-26/h5,16-18,26H,2,4,6-15H2,1,3H3,(H,29,30)/t16-,17-,18?,22+,23?/m0/s1. The van der Waals surface area contributed by atoms with E-state index in [0.29, 0.717) is 45.3 Å². The Morgan fingerprint density at radius 2 is 2.03 bits per heavy atom. The Labute approximate surface area is 189 Å². The molecule has 7 nitrogen and oxygen atoms in total. The molecule has 2 amide bonds. The van der Waals surface area contributed by atoms with Crippen LogP contribution in [-0.2, 0) is 14.4 Å². The fraction of sp³-hybridized carbons (Fsp3) is 0.783. The molecule has 0 aromatic heterocycles. The largest absolute Gasteiger partial charge is 0.481 e. The van der Waals surface area contributed by atoms with E-state index in [-0.39, 0.29) is 18.4 Å². The van der Waals surface area contributed by atoms with E-state index in [1.165, 1.54) is 0 Å². The molecule has 3 saturated heterocycles. The summed E-state index contributed by atoms with van der Waals surface area (Å²) in [4.78, 5) is 43.1. The fourth-order valence-electron chi connectivity index (χ4n) is 5.89. The molecule has 31 heavy (non-hydrogen) atoms. The lowest BCUT2D eigenvalue weighted by Gasteiger charge is -2.37. The highest BCUT2D eigenvalue weighted by atomic mass is 32.2. The number of aliphatic carboxylic acids is 1. The minimum Gasteiger partial charge on any atom is -0.481 e. The third-order valence-corrected chi connectivity index (χ3v) is 9.26. The summed E-state index contributed by atoms with van der Waals surface area (Å²) in [5.74, 6) is -2.67. The van der Waals surface area contributed by atoms with Crippen LogP contribution >= 0.6 is 11.8 Å². The summed E-state index contributed by atoms with van der Waals surface area (Å²) in [5.41, 5.74) is 0. The number of aliphatic hydroxyl groups excluding tert-OH is 1. The van der Waals surface area contributed by atoms with Gasteiger partial charge in [-0.15, -0.1) is 18.3 Å². The van der Waals surface area contributed by atoms with E-state index in [9.17, 15) is 24.6 Å². The van der Waals surface area contributed by atoms with E-state index in [0.717, 1.165) is 19.3 Å². The molecular weight excluding hydrogens is 416 g/mol. The van der Waals surface area contributed by atoms with E-state index in [1.54, 1.807) is 27.6 Å². The third kappa shape index (κ3) is 4.01. The van der Waals surface area contributed by atoms with Crippen molar-refractivity contribution in [1.29, 1.82) is 0 Å². The smallest absolute Gasteiger partial charge is 0.308 e. The zero-order valence-electron chi connectivity index (χ0n) is 18.7. The van der Waals surface area contributed by atoms with Gasteiger partial charge in [-0.3, -0.25) is 14.4 Å². The van der Waals surface area contributed by atoms with Crippen molar-refractivity contribution in [2.45, 2.75) is 74.3 Å². The van der Waals surface area contributed by atoms with Crippen LogP contribution in [0.25, 0.3) is 0 Å². The average molecular weight is 453 g/mol. The topological polar surface area (TPSA) is 98.2 Å². The number of fused-ring (bicyclic) bond motifs is 1. The Morgan fingerprint density at radius 1 is 1.29 bits per heavy atom. The van der Waals surface area contributed by atoms with Crippen LogP contribution in [0.15, 0.2) is 12.7 Å². The number of aliphatic hydroxyl groups is 1. The number of nitrogens with zero attached hydrogens (tertiary/aromatic N) is 2. The summed E-state index contributed by atoms with van der Waals surface area (Å²) in [7, 11) is 0. The van der Waals surface area contributed by atoms with Crippen LogP contribution in [0.1, 0.15) is 58.8 Å². The second kappa shape index (κ2) is 9.53. The molecule has 3 aliphatic heterocycles. The fourth-order valence-corrected chi connectivity index (χ4v) is 8.23. The maximum absolute atomic E-state index is 13.9. The molecule has 0 aliphatic carbocycles. The molecule has 0 saturated carbocycles. The Morgan fingerprint density at radius 3 is 2.65 bits per heavy atom. The lowest BCUT2D eigenvalue weighted by atomic mass is 9.66. The number of thioether (sulfide) groups is 1. The molecule has 174 valence electrons. The first-order valence-electron chi connectivity index (χ1n) is 11.5. The van der Waals surface area contributed by atoms with E-state index >= 15 is 0 Å².